The Morgan fingerprint density at radius 3 is 2.69 bits per heavy atom. The zero-order valence-electron chi connectivity index (χ0n) is 10.1. The van der Waals surface area contributed by atoms with Gasteiger partial charge in [-0.1, -0.05) is 26.8 Å². The summed E-state index contributed by atoms with van der Waals surface area (Å²) in [6.45, 7) is 6.58. The number of aryl methyl sites for hydroxylation is 2. The molecule has 0 aliphatic heterocycles. The average Bonchev–Trinajstić information content (AvgIpc) is 2.81. The average molecular weight is 215 g/mol. The Balaban J connectivity index is 2.36. The highest BCUT2D eigenvalue weighted by Crippen LogP contribution is 2.27. The molecule has 1 aliphatic rings. The molecule has 3 heteroatoms. The van der Waals surface area contributed by atoms with Gasteiger partial charge >= 0.3 is 0 Å². The largest absolute Gasteiger partial charge is 0.283 e. The molecule has 0 unspecified atom stereocenters. The lowest BCUT2D eigenvalue weighted by atomic mass is 9.95. The van der Waals surface area contributed by atoms with E-state index in [-0.39, 0.29) is 5.41 Å². The molecule has 3 rings (SSSR count). The molecule has 0 aromatic carbocycles. The lowest BCUT2D eigenvalue weighted by molar-refractivity contribution is 0.535. The predicted molar refractivity (Wildman–Crippen MR) is 63.7 cm³/mol. The van der Waals surface area contributed by atoms with E-state index >= 15 is 0 Å². The zero-order chi connectivity index (χ0) is 11.3. The Morgan fingerprint density at radius 2 is 1.94 bits per heavy atom. The molecular formula is C13H17N3. The normalized spacial score (nSPS) is 15.7. The van der Waals surface area contributed by atoms with E-state index in [0.29, 0.717) is 0 Å². The topological polar surface area (TPSA) is 30.2 Å². The van der Waals surface area contributed by atoms with Gasteiger partial charge in [0.1, 0.15) is 5.82 Å². The molecule has 84 valence electrons. The summed E-state index contributed by atoms with van der Waals surface area (Å²) in [5, 5.41) is 8.63. The van der Waals surface area contributed by atoms with Crippen molar-refractivity contribution in [1.82, 2.24) is 14.6 Å². The van der Waals surface area contributed by atoms with Gasteiger partial charge in [-0.05, 0) is 30.9 Å². The van der Waals surface area contributed by atoms with Crippen molar-refractivity contribution in [3.8, 4) is 0 Å². The Bertz CT molecular complexity index is 546. The van der Waals surface area contributed by atoms with Gasteiger partial charge in [-0.3, -0.25) is 4.40 Å². The monoisotopic (exact) mass is 215 g/mol. The highest BCUT2D eigenvalue weighted by atomic mass is 15.3. The van der Waals surface area contributed by atoms with E-state index in [1.54, 1.807) is 0 Å². The summed E-state index contributed by atoms with van der Waals surface area (Å²) < 4.78 is 2.27. The van der Waals surface area contributed by atoms with Crippen molar-refractivity contribution in [2.45, 2.75) is 45.4 Å². The fourth-order valence-electron chi connectivity index (χ4n) is 2.52. The van der Waals surface area contributed by atoms with Gasteiger partial charge in [0.2, 0.25) is 0 Å². The van der Waals surface area contributed by atoms with Gasteiger partial charge in [-0.25, -0.2) is 0 Å². The molecule has 0 N–H and O–H groups in total. The summed E-state index contributed by atoms with van der Waals surface area (Å²) in [5.41, 5.74) is 3.94. The summed E-state index contributed by atoms with van der Waals surface area (Å²) >= 11 is 0. The van der Waals surface area contributed by atoms with E-state index in [9.17, 15) is 0 Å². The third-order valence-electron chi connectivity index (χ3n) is 3.29. The van der Waals surface area contributed by atoms with Gasteiger partial charge in [-0.2, -0.15) is 0 Å². The molecule has 0 saturated carbocycles. The molecule has 0 atom stereocenters. The van der Waals surface area contributed by atoms with E-state index in [4.69, 9.17) is 0 Å². The Morgan fingerprint density at radius 1 is 1.12 bits per heavy atom. The van der Waals surface area contributed by atoms with Crippen LogP contribution in [0.4, 0.5) is 0 Å². The predicted octanol–water partition coefficient (Wildman–Crippen LogP) is 2.52. The van der Waals surface area contributed by atoms with Crippen LogP contribution in [0.15, 0.2) is 12.1 Å². The molecule has 16 heavy (non-hydrogen) atoms. The second-order valence-corrected chi connectivity index (χ2v) is 5.63. The molecule has 0 saturated heterocycles. The van der Waals surface area contributed by atoms with Crippen LogP contribution in [0.3, 0.4) is 0 Å². The third kappa shape index (κ3) is 1.27. The van der Waals surface area contributed by atoms with Crippen molar-refractivity contribution in [2.24, 2.45) is 0 Å². The first-order valence-electron chi connectivity index (χ1n) is 5.94. The third-order valence-corrected chi connectivity index (χ3v) is 3.29. The van der Waals surface area contributed by atoms with Crippen molar-refractivity contribution in [3.63, 3.8) is 0 Å². The van der Waals surface area contributed by atoms with Crippen LogP contribution in [0, 0.1) is 0 Å². The first-order valence-corrected chi connectivity index (χ1v) is 5.94. The number of hydrogen-bond donors (Lipinski definition) is 0. The molecule has 0 amide bonds. The van der Waals surface area contributed by atoms with Crippen molar-refractivity contribution >= 4 is 5.65 Å². The zero-order valence-corrected chi connectivity index (χ0v) is 10.1. The summed E-state index contributed by atoms with van der Waals surface area (Å²) in [6, 6.07) is 4.30. The minimum absolute atomic E-state index is 0.0527. The van der Waals surface area contributed by atoms with Gasteiger partial charge in [0.25, 0.3) is 0 Å². The summed E-state index contributed by atoms with van der Waals surface area (Å²) in [6.07, 6.45) is 3.62. The second-order valence-electron chi connectivity index (χ2n) is 5.63. The molecule has 0 fully saturated rings. The SMILES string of the molecule is CC(C)(C)c1nnc2ccc3c(n12)CCC3. The summed E-state index contributed by atoms with van der Waals surface area (Å²) in [4.78, 5) is 0. The minimum Gasteiger partial charge on any atom is -0.283 e. The van der Waals surface area contributed by atoms with E-state index < -0.39 is 0 Å². The first-order chi connectivity index (χ1) is 7.57. The second kappa shape index (κ2) is 3.06. The van der Waals surface area contributed by atoms with Crippen LogP contribution >= 0.6 is 0 Å². The van der Waals surface area contributed by atoms with Crippen LogP contribution in [-0.4, -0.2) is 14.6 Å². The van der Waals surface area contributed by atoms with Gasteiger partial charge in [0.05, 0.1) is 0 Å². The van der Waals surface area contributed by atoms with Gasteiger partial charge in [0, 0.05) is 11.1 Å². The summed E-state index contributed by atoms with van der Waals surface area (Å²) in [5.74, 6) is 1.08. The van der Waals surface area contributed by atoms with Crippen LogP contribution < -0.4 is 0 Å². The highest BCUT2D eigenvalue weighted by molar-refractivity contribution is 5.45. The molecular weight excluding hydrogens is 198 g/mol. The molecule has 0 radical (unpaired) electrons. The smallest absolute Gasteiger partial charge is 0.161 e. The number of aromatic nitrogens is 3. The Kier molecular flexibility index (Phi) is 1.88. The molecule has 1 aliphatic carbocycles. The maximum Gasteiger partial charge on any atom is 0.161 e. The van der Waals surface area contributed by atoms with Gasteiger partial charge in [-0.15, -0.1) is 10.2 Å². The van der Waals surface area contributed by atoms with E-state index in [2.05, 4.69) is 47.5 Å². The maximum absolute atomic E-state index is 4.36. The number of nitrogens with zero attached hydrogens (tertiary/aromatic N) is 3. The molecule has 2 aromatic heterocycles. The lowest BCUT2D eigenvalue weighted by Gasteiger charge is -2.17. The molecule has 0 spiro atoms. The number of hydrogen-bond acceptors (Lipinski definition) is 2. The van der Waals surface area contributed by atoms with Crippen LogP contribution in [-0.2, 0) is 18.3 Å². The Hall–Kier alpha value is -1.38. The lowest BCUT2D eigenvalue weighted by Crippen LogP contribution is -2.17. The van der Waals surface area contributed by atoms with Crippen molar-refractivity contribution in [3.05, 3.63) is 29.2 Å². The van der Waals surface area contributed by atoms with Crippen molar-refractivity contribution < 1.29 is 0 Å². The van der Waals surface area contributed by atoms with Crippen molar-refractivity contribution in [1.29, 1.82) is 0 Å². The number of pyridine rings is 1. The molecule has 2 heterocycles. The quantitative estimate of drug-likeness (QED) is 0.676. The maximum atomic E-state index is 4.36. The summed E-state index contributed by atoms with van der Waals surface area (Å²) in [7, 11) is 0. The van der Waals surface area contributed by atoms with Crippen LogP contribution in [0.25, 0.3) is 5.65 Å². The fourth-order valence-corrected chi connectivity index (χ4v) is 2.52. The van der Waals surface area contributed by atoms with E-state index in [1.165, 1.54) is 24.1 Å². The van der Waals surface area contributed by atoms with Crippen LogP contribution in [0.5, 0.6) is 0 Å². The molecule has 3 nitrogen and oxygen atoms in total. The number of rotatable bonds is 0. The standard InChI is InChI=1S/C13H17N3/c1-13(2,3)12-15-14-11-8-7-9-5-4-6-10(9)16(11)12/h7-8H,4-6H2,1-3H3. The van der Waals surface area contributed by atoms with Crippen LogP contribution in [0.1, 0.15) is 44.3 Å². The van der Waals surface area contributed by atoms with E-state index in [0.717, 1.165) is 17.9 Å². The highest BCUT2D eigenvalue weighted by Gasteiger charge is 2.24. The van der Waals surface area contributed by atoms with Gasteiger partial charge in [0.15, 0.2) is 5.65 Å². The van der Waals surface area contributed by atoms with E-state index in [1.807, 2.05) is 0 Å². The molecule has 0 bridgehead atoms. The van der Waals surface area contributed by atoms with Crippen LogP contribution in [0.2, 0.25) is 0 Å². The van der Waals surface area contributed by atoms with Gasteiger partial charge < -0.3 is 0 Å². The minimum atomic E-state index is 0.0527. The number of fused-ring (bicyclic) bond motifs is 3. The molecule has 2 aromatic rings. The Labute approximate surface area is 95.5 Å². The first kappa shape index (κ1) is 9.82. The van der Waals surface area contributed by atoms with Crippen molar-refractivity contribution in [2.75, 3.05) is 0 Å². The fraction of sp³-hybridized carbons (Fsp3) is 0.538.